The van der Waals surface area contributed by atoms with Crippen molar-refractivity contribution in [2.45, 2.75) is 19.4 Å². The Morgan fingerprint density at radius 1 is 0.957 bits per heavy atom. The second-order valence-corrected chi connectivity index (χ2v) is 5.96. The number of hydrogen-bond donors (Lipinski definition) is 0. The van der Waals surface area contributed by atoms with Gasteiger partial charge in [-0.25, -0.2) is 0 Å². The van der Waals surface area contributed by atoms with Crippen LogP contribution in [0, 0.1) is 0 Å². The molecule has 1 aromatic carbocycles. The van der Waals surface area contributed by atoms with E-state index in [0.29, 0.717) is 6.42 Å². The van der Waals surface area contributed by atoms with E-state index in [1.807, 2.05) is 41.4 Å². The van der Waals surface area contributed by atoms with Crippen LogP contribution in [0.15, 0.2) is 54.7 Å². The molecule has 120 valence electrons. The largest absolute Gasteiger partial charge is 0.340 e. The Morgan fingerprint density at radius 3 is 2.39 bits per heavy atom. The van der Waals surface area contributed by atoms with Gasteiger partial charge in [-0.2, -0.15) is 0 Å². The number of piperazine rings is 1. The van der Waals surface area contributed by atoms with Crippen LogP contribution >= 0.6 is 0 Å². The number of hydrogen-bond acceptors (Lipinski definition) is 3. The van der Waals surface area contributed by atoms with Crippen LogP contribution in [0.3, 0.4) is 0 Å². The molecule has 23 heavy (non-hydrogen) atoms. The van der Waals surface area contributed by atoms with Gasteiger partial charge in [-0.1, -0.05) is 36.4 Å². The van der Waals surface area contributed by atoms with Crippen molar-refractivity contribution in [3.8, 4) is 0 Å². The second-order valence-electron chi connectivity index (χ2n) is 5.96. The molecule has 1 fully saturated rings. The standard InChI is InChI=1S/C19H23N3O/c23-19(10-9-17-6-2-1-3-7-17)22-14-12-21(13-15-22)16-18-8-4-5-11-20-18/h1-8,11H,9-10,12-16H2. The smallest absolute Gasteiger partial charge is 0.222 e. The second kappa shape index (κ2) is 7.88. The summed E-state index contributed by atoms with van der Waals surface area (Å²) in [6, 6.07) is 16.2. The maximum atomic E-state index is 12.3. The number of benzene rings is 1. The summed E-state index contributed by atoms with van der Waals surface area (Å²) in [5.74, 6) is 0.270. The topological polar surface area (TPSA) is 36.4 Å². The molecule has 0 radical (unpaired) electrons. The van der Waals surface area contributed by atoms with Crippen molar-refractivity contribution in [1.29, 1.82) is 0 Å². The molecule has 1 saturated heterocycles. The zero-order valence-corrected chi connectivity index (χ0v) is 13.4. The van der Waals surface area contributed by atoms with Gasteiger partial charge in [-0.15, -0.1) is 0 Å². The maximum absolute atomic E-state index is 12.3. The normalized spacial score (nSPS) is 15.6. The molecular formula is C19H23N3O. The van der Waals surface area contributed by atoms with Crippen molar-refractivity contribution in [3.05, 3.63) is 66.0 Å². The molecule has 3 rings (SSSR count). The number of amides is 1. The summed E-state index contributed by atoms with van der Waals surface area (Å²) in [6.45, 7) is 4.36. The minimum Gasteiger partial charge on any atom is -0.340 e. The van der Waals surface area contributed by atoms with Gasteiger partial charge in [0.2, 0.25) is 5.91 Å². The zero-order valence-electron chi connectivity index (χ0n) is 13.4. The first-order valence-electron chi connectivity index (χ1n) is 8.25. The highest BCUT2D eigenvalue weighted by Gasteiger charge is 2.20. The van der Waals surface area contributed by atoms with Crippen molar-refractivity contribution < 1.29 is 4.79 Å². The van der Waals surface area contributed by atoms with Crippen molar-refractivity contribution >= 4 is 5.91 Å². The van der Waals surface area contributed by atoms with Crippen LogP contribution in [0.1, 0.15) is 17.7 Å². The molecule has 1 aromatic heterocycles. The third-order valence-corrected chi connectivity index (χ3v) is 4.31. The summed E-state index contributed by atoms with van der Waals surface area (Å²) < 4.78 is 0. The number of carbonyl (C=O) groups is 1. The number of rotatable bonds is 5. The number of pyridine rings is 1. The average molecular weight is 309 g/mol. The first kappa shape index (κ1) is 15.7. The molecule has 0 bridgehead atoms. The fourth-order valence-corrected chi connectivity index (χ4v) is 2.93. The van der Waals surface area contributed by atoms with Gasteiger partial charge in [0.15, 0.2) is 0 Å². The highest BCUT2D eigenvalue weighted by atomic mass is 16.2. The van der Waals surface area contributed by atoms with Crippen LogP contribution in [-0.4, -0.2) is 46.9 Å². The SMILES string of the molecule is O=C(CCc1ccccc1)N1CCN(Cc2ccccn2)CC1. The monoisotopic (exact) mass is 309 g/mol. The van der Waals surface area contributed by atoms with E-state index in [9.17, 15) is 4.79 Å². The van der Waals surface area contributed by atoms with Crippen LogP contribution in [-0.2, 0) is 17.8 Å². The quantitative estimate of drug-likeness (QED) is 0.851. The van der Waals surface area contributed by atoms with Gasteiger partial charge in [0.1, 0.15) is 0 Å². The van der Waals surface area contributed by atoms with Crippen LogP contribution in [0.2, 0.25) is 0 Å². The number of aromatic nitrogens is 1. The lowest BCUT2D eigenvalue weighted by Gasteiger charge is -2.34. The number of carbonyl (C=O) groups excluding carboxylic acids is 1. The Kier molecular flexibility index (Phi) is 5.37. The van der Waals surface area contributed by atoms with Gasteiger partial charge >= 0.3 is 0 Å². The molecular weight excluding hydrogens is 286 g/mol. The van der Waals surface area contributed by atoms with Gasteiger partial charge in [-0.05, 0) is 24.1 Å². The van der Waals surface area contributed by atoms with E-state index in [-0.39, 0.29) is 5.91 Å². The first-order valence-corrected chi connectivity index (χ1v) is 8.25. The van der Waals surface area contributed by atoms with E-state index < -0.39 is 0 Å². The molecule has 4 nitrogen and oxygen atoms in total. The van der Waals surface area contributed by atoms with Crippen molar-refractivity contribution in [3.63, 3.8) is 0 Å². The fourth-order valence-electron chi connectivity index (χ4n) is 2.93. The van der Waals surface area contributed by atoms with Crippen molar-refractivity contribution in [1.82, 2.24) is 14.8 Å². The molecule has 2 aromatic rings. The molecule has 0 aliphatic carbocycles. The van der Waals surface area contributed by atoms with Crippen LogP contribution < -0.4 is 0 Å². The minimum absolute atomic E-state index is 0.270. The third-order valence-electron chi connectivity index (χ3n) is 4.31. The molecule has 0 atom stereocenters. The molecule has 0 saturated carbocycles. The Bertz CT molecular complexity index is 607. The lowest BCUT2D eigenvalue weighted by atomic mass is 10.1. The van der Waals surface area contributed by atoms with Crippen molar-refractivity contribution in [2.75, 3.05) is 26.2 Å². The summed E-state index contributed by atoms with van der Waals surface area (Å²) in [6.07, 6.45) is 3.26. The molecule has 4 heteroatoms. The lowest BCUT2D eigenvalue weighted by Crippen LogP contribution is -2.48. The number of nitrogens with zero attached hydrogens (tertiary/aromatic N) is 3. The first-order chi connectivity index (χ1) is 11.3. The van der Waals surface area contributed by atoms with E-state index in [4.69, 9.17) is 0 Å². The third kappa shape index (κ3) is 4.63. The molecule has 0 spiro atoms. The Morgan fingerprint density at radius 2 is 1.70 bits per heavy atom. The molecule has 1 aliphatic heterocycles. The summed E-state index contributed by atoms with van der Waals surface area (Å²) in [7, 11) is 0. The fraction of sp³-hybridized carbons (Fsp3) is 0.368. The van der Waals surface area contributed by atoms with E-state index in [2.05, 4.69) is 28.1 Å². The maximum Gasteiger partial charge on any atom is 0.222 e. The van der Waals surface area contributed by atoms with Crippen LogP contribution in [0.5, 0.6) is 0 Å². The Labute approximate surface area is 137 Å². The molecule has 1 amide bonds. The number of aryl methyl sites for hydroxylation is 1. The Hall–Kier alpha value is -2.20. The predicted octanol–water partition coefficient (Wildman–Crippen LogP) is 2.36. The van der Waals surface area contributed by atoms with E-state index >= 15 is 0 Å². The molecule has 0 unspecified atom stereocenters. The summed E-state index contributed by atoms with van der Waals surface area (Å²) in [5.41, 5.74) is 2.32. The van der Waals surface area contributed by atoms with E-state index in [1.165, 1.54) is 5.56 Å². The molecule has 0 N–H and O–H groups in total. The van der Waals surface area contributed by atoms with Gasteiger partial charge in [0.05, 0.1) is 5.69 Å². The van der Waals surface area contributed by atoms with Gasteiger partial charge in [-0.3, -0.25) is 14.7 Å². The van der Waals surface area contributed by atoms with E-state index in [0.717, 1.165) is 44.8 Å². The lowest BCUT2D eigenvalue weighted by molar-refractivity contribution is -0.133. The highest BCUT2D eigenvalue weighted by Crippen LogP contribution is 2.10. The zero-order chi connectivity index (χ0) is 15.9. The predicted molar refractivity (Wildman–Crippen MR) is 90.9 cm³/mol. The Balaban J connectivity index is 1.42. The molecule has 1 aliphatic rings. The van der Waals surface area contributed by atoms with Crippen LogP contribution in [0.4, 0.5) is 0 Å². The van der Waals surface area contributed by atoms with Crippen molar-refractivity contribution in [2.24, 2.45) is 0 Å². The van der Waals surface area contributed by atoms with Crippen LogP contribution in [0.25, 0.3) is 0 Å². The summed E-state index contributed by atoms with van der Waals surface area (Å²) in [4.78, 5) is 21.1. The summed E-state index contributed by atoms with van der Waals surface area (Å²) in [5, 5.41) is 0. The van der Waals surface area contributed by atoms with Gasteiger partial charge in [0.25, 0.3) is 0 Å². The summed E-state index contributed by atoms with van der Waals surface area (Å²) >= 11 is 0. The van der Waals surface area contributed by atoms with E-state index in [1.54, 1.807) is 0 Å². The highest BCUT2D eigenvalue weighted by molar-refractivity contribution is 5.76. The average Bonchev–Trinajstić information content (AvgIpc) is 2.62. The minimum atomic E-state index is 0.270. The van der Waals surface area contributed by atoms with Gasteiger partial charge in [0, 0.05) is 45.3 Å². The molecule has 2 heterocycles. The van der Waals surface area contributed by atoms with Gasteiger partial charge < -0.3 is 4.90 Å².